The Morgan fingerprint density at radius 1 is 1.75 bits per heavy atom. The van der Waals surface area contributed by atoms with Crippen molar-refractivity contribution in [1.29, 1.82) is 0 Å². The monoisotopic (exact) mass is 168 g/mol. The Balaban J connectivity index is 2.41. The largest absolute Gasteiger partial charge is 0.367 e. The molecule has 4 nitrogen and oxygen atoms in total. The summed E-state index contributed by atoms with van der Waals surface area (Å²) in [6.07, 6.45) is 1.95. The molecular weight excluding hydrogens is 152 g/mol. The van der Waals surface area contributed by atoms with E-state index < -0.39 is 0 Å². The van der Waals surface area contributed by atoms with E-state index in [1.54, 1.807) is 0 Å². The van der Waals surface area contributed by atoms with Crippen LogP contribution in [0.5, 0.6) is 0 Å². The summed E-state index contributed by atoms with van der Waals surface area (Å²) in [6.45, 7) is 5.69. The third-order valence-electron chi connectivity index (χ3n) is 1.57. The number of hydrogen-bond acceptors (Lipinski definition) is 3. The van der Waals surface area contributed by atoms with Crippen molar-refractivity contribution in [3.8, 4) is 0 Å². The predicted molar refractivity (Wildman–Crippen MR) is 50.0 cm³/mol. The van der Waals surface area contributed by atoms with E-state index in [0.717, 1.165) is 18.9 Å². The zero-order valence-electron chi connectivity index (χ0n) is 7.62. The van der Waals surface area contributed by atoms with Gasteiger partial charge in [0.05, 0.1) is 0 Å². The van der Waals surface area contributed by atoms with Gasteiger partial charge in [-0.3, -0.25) is 4.68 Å². The van der Waals surface area contributed by atoms with E-state index in [9.17, 15) is 0 Å². The molecule has 0 spiro atoms. The molecule has 12 heavy (non-hydrogen) atoms. The Morgan fingerprint density at radius 2 is 2.50 bits per heavy atom. The van der Waals surface area contributed by atoms with Gasteiger partial charge in [0.25, 0.3) is 0 Å². The van der Waals surface area contributed by atoms with E-state index in [-0.39, 0.29) is 6.04 Å². The lowest BCUT2D eigenvalue weighted by atomic mass is 10.4. The average molecular weight is 168 g/mol. The number of aryl methyl sites for hydroxylation is 1. The predicted octanol–water partition coefficient (Wildman–Crippen LogP) is 0.662. The van der Waals surface area contributed by atoms with E-state index in [0.29, 0.717) is 0 Å². The SMILES string of the molecule is CCn1ccc(NCC(C)N)n1. The van der Waals surface area contributed by atoms with Crippen LogP contribution in [0.15, 0.2) is 12.3 Å². The Bertz CT molecular complexity index is 229. The van der Waals surface area contributed by atoms with Gasteiger partial charge >= 0.3 is 0 Å². The summed E-state index contributed by atoms with van der Waals surface area (Å²) in [5.41, 5.74) is 5.58. The lowest BCUT2D eigenvalue weighted by Gasteiger charge is -2.05. The molecule has 1 heterocycles. The lowest BCUT2D eigenvalue weighted by molar-refractivity contribution is 0.659. The summed E-state index contributed by atoms with van der Waals surface area (Å²) in [4.78, 5) is 0. The van der Waals surface area contributed by atoms with Crippen molar-refractivity contribution in [2.75, 3.05) is 11.9 Å². The minimum absolute atomic E-state index is 0.164. The molecule has 68 valence electrons. The molecule has 0 saturated heterocycles. The first-order chi connectivity index (χ1) is 5.72. The standard InChI is InChI=1S/C8H16N4/c1-3-12-5-4-8(11-12)10-6-7(2)9/h4-5,7H,3,6,9H2,1-2H3,(H,10,11). The van der Waals surface area contributed by atoms with Crippen molar-refractivity contribution < 1.29 is 0 Å². The fourth-order valence-electron chi connectivity index (χ4n) is 0.898. The summed E-state index contributed by atoms with van der Waals surface area (Å²) in [7, 11) is 0. The molecule has 0 aromatic carbocycles. The van der Waals surface area contributed by atoms with Gasteiger partial charge in [0.2, 0.25) is 0 Å². The van der Waals surface area contributed by atoms with Crippen LogP contribution in [0.1, 0.15) is 13.8 Å². The molecule has 0 radical (unpaired) electrons. The number of nitrogens with two attached hydrogens (primary N) is 1. The third kappa shape index (κ3) is 2.54. The fourth-order valence-corrected chi connectivity index (χ4v) is 0.898. The zero-order chi connectivity index (χ0) is 8.97. The number of hydrogen-bond donors (Lipinski definition) is 2. The molecule has 1 aromatic heterocycles. The first-order valence-electron chi connectivity index (χ1n) is 4.25. The quantitative estimate of drug-likeness (QED) is 0.694. The van der Waals surface area contributed by atoms with E-state index in [1.807, 2.05) is 23.9 Å². The van der Waals surface area contributed by atoms with Crippen molar-refractivity contribution in [1.82, 2.24) is 9.78 Å². The molecule has 1 atom stereocenters. The highest BCUT2D eigenvalue weighted by atomic mass is 15.3. The van der Waals surface area contributed by atoms with E-state index in [1.165, 1.54) is 0 Å². The van der Waals surface area contributed by atoms with E-state index in [4.69, 9.17) is 5.73 Å². The Morgan fingerprint density at radius 3 is 3.00 bits per heavy atom. The van der Waals surface area contributed by atoms with Crippen LogP contribution in [-0.4, -0.2) is 22.4 Å². The molecule has 0 aliphatic rings. The average Bonchev–Trinajstić information content (AvgIpc) is 2.48. The molecule has 0 aliphatic heterocycles. The second-order valence-corrected chi connectivity index (χ2v) is 2.91. The highest BCUT2D eigenvalue weighted by molar-refractivity contribution is 5.32. The molecule has 0 fully saturated rings. The maximum atomic E-state index is 5.58. The van der Waals surface area contributed by atoms with Crippen LogP contribution in [-0.2, 0) is 6.54 Å². The molecule has 1 aromatic rings. The molecule has 1 unspecified atom stereocenters. The van der Waals surface area contributed by atoms with Crippen molar-refractivity contribution >= 4 is 5.82 Å². The maximum Gasteiger partial charge on any atom is 0.148 e. The molecule has 1 rings (SSSR count). The molecule has 4 heteroatoms. The van der Waals surface area contributed by atoms with Gasteiger partial charge in [-0.1, -0.05) is 0 Å². The van der Waals surface area contributed by atoms with Gasteiger partial charge in [0, 0.05) is 31.4 Å². The molecule has 0 bridgehead atoms. The molecule has 0 aliphatic carbocycles. The summed E-state index contributed by atoms with van der Waals surface area (Å²) in [5, 5.41) is 7.39. The Hall–Kier alpha value is -1.03. The maximum absolute atomic E-state index is 5.58. The third-order valence-corrected chi connectivity index (χ3v) is 1.57. The zero-order valence-corrected chi connectivity index (χ0v) is 7.62. The van der Waals surface area contributed by atoms with E-state index >= 15 is 0 Å². The van der Waals surface area contributed by atoms with Gasteiger partial charge in [-0.15, -0.1) is 0 Å². The molecule has 0 saturated carbocycles. The van der Waals surface area contributed by atoms with Crippen molar-refractivity contribution in [3.63, 3.8) is 0 Å². The normalized spacial score (nSPS) is 12.9. The van der Waals surface area contributed by atoms with Crippen LogP contribution < -0.4 is 11.1 Å². The van der Waals surface area contributed by atoms with Crippen molar-refractivity contribution in [3.05, 3.63) is 12.3 Å². The summed E-state index contributed by atoms with van der Waals surface area (Å²) in [5.74, 6) is 0.897. The van der Waals surface area contributed by atoms with Crippen LogP contribution in [0.2, 0.25) is 0 Å². The van der Waals surface area contributed by atoms with Gasteiger partial charge in [0.15, 0.2) is 0 Å². The molecule has 3 N–H and O–H groups in total. The minimum atomic E-state index is 0.164. The molecule has 0 amide bonds. The number of anilines is 1. The van der Waals surface area contributed by atoms with E-state index in [2.05, 4.69) is 17.3 Å². The first-order valence-corrected chi connectivity index (χ1v) is 4.25. The number of nitrogens with one attached hydrogen (secondary N) is 1. The van der Waals surface area contributed by atoms with Crippen molar-refractivity contribution in [2.24, 2.45) is 5.73 Å². The summed E-state index contributed by atoms with van der Waals surface area (Å²) < 4.78 is 1.88. The van der Waals surface area contributed by atoms with Crippen LogP contribution in [0.3, 0.4) is 0 Å². The van der Waals surface area contributed by atoms with Gasteiger partial charge in [-0.25, -0.2) is 0 Å². The minimum Gasteiger partial charge on any atom is -0.367 e. The fraction of sp³-hybridized carbons (Fsp3) is 0.625. The molecular formula is C8H16N4. The van der Waals surface area contributed by atoms with Crippen LogP contribution in [0.25, 0.3) is 0 Å². The van der Waals surface area contributed by atoms with Crippen LogP contribution in [0.4, 0.5) is 5.82 Å². The van der Waals surface area contributed by atoms with Crippen LogP contribution >= 0.6 is 0 Å². The highest BCUT2D eigenvalue weighted by Gasteiger charge is 1.97. The van der Waals surface area contributed by atoms with Gasteiger partial charge in [-0.05, 0) is 13.8 Å². The smallest absolute Gasteiger partial charge is 0.148 e. The van der Waals surface area contributed by atoms with Gasteiger partial charge < -0.3 is 11.1 Å². The number of aromatic nitrogens is 2. The summed E-state index contributed by atoms with van der Waals surface area (Å²) in [6, 6.07) is 2.11. The van der Waals surface area contributed by atoms with Gasteiger partial charge in [0.1, 0.15) is 5.82 Å². The van der Waals surface area contributed by atoms with Crippen LogP contribution in [0, 0.1) is 0 Å². The van der Waals surface area contributed by atoms with Gasteiger partial charge in [-0.2, -0.15) is 5.10 Å². The van der Waals surface area contributed by atoms with Crippen molar-refractivity contribution in [2.45, 2.75) is 26.4 Å². The number of nitrogens with zero attached hydrogens (tertiary/aromatic N) is 2. The Labute approximate surface area is 72.8 Å². The topological polar surface area (TPSA) is 55.9 Å². The number of rotatable bonds is 4. The summed E-state index contributed by atoms with van der Waals surface area (Å²) >= 11 is 0. The lowest BCUT2D eigenvalue weighted by Crippen LogP contribution is -2.25. The highest BCUT2D eigenvalue weighted by Crippen LogP contribution is 2.01. The first kappa shape index (κ1) is 9.06. The second kappa shape index (κ2) is 4.11. The second-order valence-electron chi connectivity index (χ2n) is 2.91. The Kier molecular flexibility index (Phi) is 3.10.